The summed E-state index contributed by atoms with van der Waals surface area (Å²) in [6.07, 6.45) is 11.9. The maximum atomic E-state index is 6.12. The van der Waals surface area contributed by atoms with Crippen LogP contribution < -0.4 is 20.6 Å². The van der Waals surface area contributed by atoms with Crippen LogP contribution in [0.5, 0.6) is 5.75 Å². The van der Waals surface area contributed by atoms with Crippen LogP contribution >= 0.6 is 0 Å². The molecule has 3 nitrogen and oxygen atoms in total. The van der Waals surface area contributed by atoms with E-state index < -0.39 is 0 Å². The summed E-state index contributed by atoms with van der Waals surface area (Å²) >= 11 is 0. The highest BCUT2D eigenvalue weighted by Crippen LogP contribution is 2.24. The SMILES string of the molecule is C=CCc1c(OCCCNCc2ccccc2)ccc2c1=NC1=CC=C[CH]C=21. The number of rotatable bonds is 9. The van der Waals surface area contributed by atoms with Crippen molar-refractivity contribution >= 4 is 5.57 Å². The third kappa shape index (κ3) is 4.00. The highest BCUT2D eigenvalue weighted by Gasteiger charge is 2.17. The molecule has 28 heavy (non-hydrogen) atoms. The quantitative estimate of drug-likeness (QED) is 0.543. The third-order valence-corrected chi connectivity index (χ3v) is 4.94. The zero-order chi connectivity index (χ0) is 19.2. The van der Waals surface area contributed by atoms with Crippen LogP contribution in [-0.2, 0) is 13.0 Å². The molecule has 4 rings (SSSR count). The van der Waals surface area contributed by atoms with Crippen LogP contribution in [0, 0.1) is 6.42 Å². The minimum Gasteiger partial charge on any atom is -0.493 e. The van der Waals surface area contributed by atoms with Gasteiger partial charge in [-0.1, -0.05) is 48.6 Å². The molecule has 1 radical (unpaired) electrons. The highest BCUT2D eigenvalue weighted by atomic mass is 16.5. The van der Waals surface area contributed by atoms with E-state index in [1.54, 1.807) is 0 Å². The van der Waals surface area contributed by atoms with Crippen molar-refractivity contribution in [2.45, 2.75) is 19.4 Å². The van der Waals surface area contributed by atoms with Crippen molar-refractivity contribution in [3.63, 3.8) is 0 Å². The lowest BCUT2D eigenvalue weighted by atomic mass is 10.0. The van der Waals surface area contributed by atoms with Crippen LogP contribution in [0.25, 0.3) is 5.57 Å². The predicted molar refractivity (Wildman–Crippen MR) is 114 cm³/mol. The van der Waals surface area contributed by atoms with Gasteiger partial charge in [-0.05, 0) is 48.7 Å². The van der Waals surface area contributed by atoms with Gasteiger partial charge >= 0.3 is 0 Å². The second-order valence-electron chi connectivity index (χ2n) is 6.92. The number of nitrogens with one attached hydrogen (secondary N) is 1. The molecule has 1 aliphatic carbocycles. The summed E-state index contributed by atoms with van der Waals surface area (Å²) in [5, 5.41) is 5.68. The van der Waals surface area contributed by atoms with E-state index in [9.17, 15) is 0 Å². The molecule has 2 aliphatic rings. The van der Waals surface area contributed by atoms with Gasteiger partial charge in [0.05, 0.1) is 17.7 Å². The molecular weight excluding hydrogens is 344 g/mol. The monoisotopic (exact) mass is 369 g/mol. The minimum atomic E-state index is 0.678. The number of hydrogen-bond donors (Lipinski definition) is 1. The lowest BCUT2D eigenvalue weighted by Gasteiger charge is -2.11. The summed E-state index contributed by atoms with van der Waals surface area (Å²) < 4.78 is 6.12. The molecule has 1 heterocycles. The second kappa shape index (κ2) is 8.85. The summed E-state index contributed by atoms with van der Waals surface area (Å²) in [5.74, 6) is 0.915. The van der Waals surface area contributed by atoms with Crippen molar-refractivity contribution in [1.82, 2.24) is 5.32 Å². The first-order valence-electron chi connectivity index (χ1n) is 9.82. The molecule has 0 saturated heterocycles. The minimum absolute atomic E-state index is 0.678. The van der Waals surface area contributed by atoms with Gasteiger partial charge in [-0.2, -0.15) is 0 Å². The van der Waals surface area contributed by atoms with Gasteiger partial charge in [0.1, 0.15) is 5.75 Å². The Morgan fingerprint density at radius 2 is 1.96 bits per heavy atom. The van der Waals surface area contributed by atoms with Crippen LogP contribution in [0.4, 0.5) is 0 Å². The van der Waals surface area contributed by atoms with Crippen LogP contribution in [0.2, 0.25) is 0 Å². The molecule has 0 atom stereocenters. The fourth-order valence-electron chi connectivity index (χ4n) is 3.57. The maximum absolute atomic E-state index is 6.12. The molecule has 141 valence electrons. The van der Waals surface area contributed by atoms with E-state index in [0.29, 0.717) is 6.61 Å². The Bertz CT molecular complexity index is 1030. The molecule has 0 amide bonds. The smallest absolute Gasteiger partial charge is 0.124 e. The fraction of sp³-hybridized carbons (Fsp3) is 0.200. The van der Waals surface area contributed by atoms with Crippen LogP contribution in [-0.4, -0.2) is 13.2 Å². The largest absolute Gasteiger partial charge is 0.493 e. The van der Waals surface area contributed by atoms with E-state index in [1.807, 2.05) is 18.2 Å². The normalized spacial score (nSPS) is 14.1. The average Bonchev–Trinajstić information content (AvgIpc) is 3.12. The van der Waals surface area contributed by atoms with Gasteiger partial charge in [-0.15, -0.1) is 6.58 Å². The number of allylic oxidation sites excluding steroid dienone is 5. The summed E-state index contributed by atoms with van der Waals surface area (Å²) in [6.45, 7) is 6.40. The van der Waals surface area contributed by atoms with Crippen molar-refractivity contribution in [2.75, 3.05) is 13.2 Å². The van der Waals surface area contributed by atoms with Gasteiger partial charge in [0.25, 0.3) is 0 Å². The standard InChI is InChI=1S/C25H25N2O/c1-2-9-22-24(28-17-8-16-26-18-19-10-4-3-5-11-19)15-14-21-20-12-6-7-13-23(20)27-25(21)22/h2-7,10-15,26H,1,8-9,16-18H2. The molecule has 2 aromatic carbocycles. The zero-order valence-corrected chi connectivity index (χ0v) is 16.0. The van der Waals surface area contributed by atoms with Crippen LogP contribution in [0.3, 0.4) is 0 Å². The Kier molecular flexibility index (Phi) is 5.83. The molecule has 0 bridgehead atoms. The number of benzene rings is 2. The predicted octanol–water partition coefficient (Wildman–Crippen LogP) is 3.42. The van der Waals surface area contributed by atoms with Gasteiger partial charge in [-0.3, -0.25) is 0 Å². The number of hydrogen-bond acceptors (Lipinski definition) is 3. The number of fused-ring (bicyclic) bond motifs is 2. The van der Waals surface area contributed by atoms with Gasteiger partial charge in [-0.25, -0.2) is 4.99 Å². The molecule has 1 N–H and O–H groups in total. The Hall–Kier alpha value is -2.91. The molecule has 0 spiro atoms. The van der Waals surface area contributed by atoms with Gasteiger partial charge in [0.2, 0.25) is 0 Å². The van der Waals surface area contributed by atoms with Gasteiger partial charge in [0.15, 0.2) is 0 Å². The van der Waals surface area contributed by atoms with Crippen LogP contribution in [0.15, 0.2) is 84.0 Å². The van der Waals surface area contributed by atoms with Gasteiger partial charge in [0, 0.05) is 23.7 Å². The third-order valence-electron chi connectivity index (χ3n) is 4.94. The summed E-state index contributed by atoms with van der Waals surface area (Å²) in [6, 6.07) is 14.7. The average molecular weight is 369 g/mol. The van der Waals surface area contributed by atoms with E-state index in [4.69, 9.17) is 9.73 Å². The Labute approximate surface area is 166 Å². The Morgan fingerprint density at radius 1 is 1.07 bits per heavy atom. The first kappa shape index (κ1) is 18.5. The lowest BCUT2D eigenvalue weighted by Crippen LogP contribution is -2.28. The van der Waals surface area contributed by atoms with Gasteiger partial charge < -0.3 is 10.1 Å². The van der Waals surface area contributed by atoms with Crippen LogP contribution in [0.1, 0.15) is 17.5 Å². The van der Waals surface area contributed by atoms with E-state index in [1.165, 1.54) is 16.4 Å². The van der Waals surface area contributed by atoms with E-state index >= 15 is 0 Å². The lowest BCUT2D eigenvalue weighted by molar-refractivity contribution is 0.305. The number of ether oxygens (including phenoxy) is 1. The van der Waals surface area contributed by atoms with E-state index in [2.05, 4.69) is 66.9 Å². The van der Waals surface area contributed by atoms with E-state index in [-0.39, 0.29) is 0 Å². The molecule has 0 fully saturated rings. The molecular formula is C25H25N2O. The Morgan fingerprint density at radius 3 is 2.82 bits per heavy atom. The number of nitrogens with zero attached hydrogens (tertiary/aromatic N) is 1. The zero-order valence-electron chi connectivity index (χ0n) is 16.0. The first-order valence-corrected chi connectivity index (χ1v) is 9.82. The molecule has 2 aromatic rings. The highest BCUT2D eigenvalue weighted by molar-refractivity contribution is 5.76. The van der Waals surface area contributed by atoms with Crippen molar-refractivity contribution in [2.24, 2.45) is 4.99 Å². The summed E-state index contributed by atoms with van der Waals surface area (Å²) in [5.41, 5.74) is 4.65. The summed E-state index contributed by atoms with van der Waals surface area (Å²) in [4.78, 5) is 4.85. The molecule has 3 heteroatoms. The fourth-order valence-corrected chi connectivity index (χ4v) is 3.57. The van der Waals surface area contributed by atoms with Crippen molar-refractivity contribution in [3.8, 4) is 5.75 Å². The second-order valence-corrected chi connectivity index (χ2v) is 6.92. The van der Waals surface area contributed by atoms with Crippen molar-refractivity contribution < 1.29 is 4.74 Å². The first-order chi connectivity index (χ1) is 13.9. The van der Waals surface area contributed by atoms with Crippen molar-refractivity contribution in [3.05, 3.63) is 107 Å². The maximum Gasteiger partial charge on any atom is 0.124 e. The molecule has 0 aromatic heterocycles. The van der Waals surface area contributed by atoms with Crippen molar-refractivity contribution in [1.29, 1.82) is 0 Å². The topological polar surface area (TPSA) is 33.6 Å². The Balaban J connectivity index is 1.39. The molecule has 1 aliphatic heterocycles. The molecule has 0 unspecified atom stereocenters. The summed E-state index contributed by atoms with van der Waals surface area (Å²) in [7, 11) is 0. The van der Waals surface area contributed by atoms with E-state index in [0.717, 1.165) is 48.3 Å². The molecule has 0 saturated carbocycles.